The largest absolute Gasteiger partial charge is 0.507 e. The standard InChI is InChI=1S/C55H74N4O12/c1-28-16-15-17-29(2)53(67)57-44-39(24-56-59-30(3)25-58(26-31(59)4)27-37-18-20-38(21-19-37)54(10,11)12)48(64)41-42(49(44)65)47(63)35(8)51-43(41)52(66)55(13,71-51)69-23-22-40(68-14)32(5)50(70-36(9)60)34(7)46(62)33(6)45(28)61/h15-24,28,30-34,40,45-46,50,61-65H,25-27H2,1-14H3,(H,57,67)/t28-,30-,31+,32-,33-,34-,40+,45-,46-,50-,55-/m0/s1. The number of hydrogen-bond donors (Lipinski definition) is 6. The van der Waals surface area contributed by atoms with E-state index in [9.17, 15) is 39.9 Å². The number of Topliss-reactive ketones (excluding diaryl/α,β-unsaturated/α-hetero) is 1. The first-order valence-electron chi connectivity index (χ1n) is 24.4. The number of methoxy groups -OCH3 is 1. The van der Waals surface area contributed by atoms with Crippen LogP contribution >= 0.6 is 0 Å². The van der Waals surface area contributed by atoms with Gasteiger partial charge in [0.1, 0.15) is 23.4 Å². The van der Waals surface area contributed by atoms with E-state index in [0.29, 0.717) is 13.1 Å². The normalized spacial score (nSPS) is 29.4. The third kappa shape index (κ3) is 11.1. The fraction of sp³-hybridized carbons (Fsp3) is 0.527. The maximum atomic E-state index is 14.7. The summed E-state index contributed by atoms with van der Waals surface area (Å²) in [6, 6.07) is 8.43. The van der Waals surface area contributed by atoms with Crippen molar-refractivity contribution in [3.8, 4) is 23.0 Å². The number of piperazine rings is 1. The summed E-state index contributed by atoms with van der Waals surface area (Å²) in [4.78, 5) is 43.6. The maximum absolute atomic E-state index is 14.7. The van der Waals surface area contributed by atoms with Crippen LogP contribution in [0.4, 0.5) is 5.69 Å². The zero-order valence-corrected chi connectivity index (χ0v) is 43.6. The Hall–Kier alpha value is -5.94. The van der Waals surface area contributed by atoms with E-state index in [-0.39, 0.29) is 62.0 Å². The number of hydrogen-bond acceptors (Lipinski definition) is 15. The van der Waals surface area contributed by atoms with E-state index >= 15 is 0 Å². The summed E-state index contributed by atoms with van der Waals surface area (Å²) in [7, 11) is 1.44. The molecule has 0 unspecified atom stereocenters. The third-order valence-corrected chi connectivity index (χ3v) is 14.5. The molecule has 6 N–H and O–H groups in total. The number of aliphatic hydroxyl groups is 2. The summed E-state index contributed by atoms with van der Waals surface area (Å²) < 4.78 is 23.9. The van der Waals surface area contributed by atoms with E-state index in [1.165, 1.54) is 70.6 Å². The molecule has 0 radical (unpaired) electrons. The molecule has 11 atom stereocenters. The average molecular weight is 983 g/mol. The molecule has 1 saturated heterocycles. The molecule has 0 saturated carbocycles. The number of nitrogens with one attached hydrogen (secondary N) is 1. The van der Waals surface area contributed by atoms with Crippen LogP contribution in [0.5, 0.6) is 23.0 Å². The second-order valence-corrected chi connectivity index (χ2v) is 21.1. The molecule has 4 heterocycles. The molecule has 386 valence electrons. The number of rotatable bonds is 6. The quantitative estimate of drug-likeness (QED) is 0.0597. The Balaban J connectivity index is 1.45. The Labute approximate surface area is 417 Å². The van der Waals surface area contributed by atoms with Crippen LogP contribution in [0, 0.1) is 30.6 Å². The van der Waals surface area contributed by atoms with E-state index in [4.69, 9.17) is 24.0 Å². The summed E-state index contributed by atoms with van der Waals surface area (Å²) in [6.07, 6.45) is 4.90. The van der Waals surface area contributed by atoms with Gasteiger partial charge < -0.3 is 49.8 Å². The van der Waals surface area contributed by atoms with Gasteiger partial charge in [0.2, 0.25) is 0 Å². The Morgan fingerprint density at radius 2 is 1.54 bits per heavy atom. The predicted octanol–water partition coefficient (Wildman–Crippen LogP) is 7.98. The smallest absolute Gasteiger partial charge is 0.312 e. The van der Waals surface area contributed by atoms with Gasteiger partial charge in [-0.25, -0.2) is 0 Å². The average Bonchev–Trinajstić information content (AvgIpc) is 3.57. The zero-order chi connectivity index (χ0) is 52.6. The summed E-state index contributed by atoms with van der Waals surface area (Å²) in [5.74, 6) is -8.48. The van der Waals surface area contributed by atoms with Gasteiger partial charge in [0.15, 0.2) is 5.75 Å². The molecule has 3 aromatic rings. The van der Waals surface area contributed by atoms with Crippen LogP contribution in [0.15, 0.2) is 65.5 Å². The first-order chi connectivity index (χ1) is 33.2. The van der Waals surface area contributed by atoms with Gasteiger partial charge in [-0.2, -0.15) is 5.10 Å². The van der Waals surface area contributed by atoms with Crippen molar-refractivity contribution in [2.75, 3.05) is 25.5 Å². The first-order valence-corrected chi connectivity index (χ1v) is 24.4. The van der Waals surface area contributed by atoms with Crippen molar-refractivity contribution >= 4 is 40.3 Å². The lowest BCUT2D eigenvalue weighted by Gasteiger charge is -2.43. The van der Waals surface area contributed by atoms with Crippen LogP contribution in [0.3, 0.4) is 0 Å². The van der Waals surface area contributed by atoms with Crippen LogP contribution in [0.2, 0.25) is 0 Å². The topological polar surface area (TPSA) is 220 Å². The molecule has 71 heavy (non-hydrogen) atoms. The molecule has 0 aromatic heterocycles. The van der Waals surface area contributed by atoms with Crippen LogP contribution < -0.4 is 10.1 Å². The highest BCUT2D eigenvalue weighted by molar-refractivity contribution is 6.23. The van der Waals surface area contributed by atoms with Crippen molar-refractivity contribution in [1.29, 1.82) is 0 Å². The molecule has 0 spiro atoms. The maximum Gasteiger partial charge on any atom is 0.312 e. The van der Waals surface area contributed by atoms with Crippen molar-refractivity contribution in [3.05, 3.63) is 88.2 Å². The predicted molar refractivity (Wildman–Crippen MR) is 273 cm³/mol. The van der Waals surface area contributed by atoms with Crippen LogP contribution in [-0.2, 0) is 35.8 Å². The van der Waals surface area contributed by atoms with Crippen molar-refractivity contribution in [2.24, 2.45) is 28.8 Å². The third-order valence-electron chi connectivity index (χ3n) is 14.5. The molecule has 3 aromatic carbocycles. The lowest BCUT2D eigenvalue weighted by atomic mass is 9.78. The van der Waals surface area contributed by atoms with E-state index in [1.54, 1.807) is 39.8 Å². The Kier molecular flexibility index (Phi) is 16.4. The number of carbonyl (C=O) groups is 3. The molecule has 4 aliphatic heterocycles. The van der Waals surface area contributed by atoms with Gasteiger partial charge in [0.25, 0.3) is 11.7 Å². The number of ether oxygens (including phenoxy) is 4. The Morgan fingerprint density at radius 3 is 2.13 bits per heavy atom. The molecule has 7 rings (SSSR count). The summed E-state index contributed by atoms with van der Waals surface area (Å²) in [6.45, 7) is 25.3. The van der Waals surface area contributed by atoms with Gasteiger partial charge in [-0.1, -0.05) is 91.0 Å². The van der Waals surface area contributed by atoms with E-state index < -0.39 is 88.8 Å². The molecule has 1 fully saturated rings. The number of hydrazone groups is 1. The molecule has 4 aliphatic rings. The lowest BCUT2D eigenvalue weighted by molar-refractivity contribution is -0.160. The second-order valence-electron chi connectivity index (χ2n) is 21.1. The summed E-state index contributed by atoms with van der Waals surface area (Å²) >= 11 is 0. The van der Waals surface area contributed by atoms with Crippen LogP contribution in [0.1, 0.15) is 116 Å². The Bertz CT molecular complexity index is 2610. The minimum Gasteiger partial charge on any atom is -0.507 e. The molecular weight excluding hydrogens is 909 g/mol. The van der Waals surface area contributed by atoms with Crippen molar-refractivity contribution in [3.63, 3.8) is 0 Å². The van der Waals surface area contributed by atoms with Gasteiger partial charge in [0.05, 0.1) is 65.1 Å². The minimum absolute atomic E-state index is 0.0408. The van der Waals surface area contributed by atoms with E-state index in [0.717, 1.165) is 6.54 Å². The molecule has 0 aliphatic carbocycles. The minimum atomic E-state index is -2.07. The zero-order valence-electron chi connectivity index (χ0n) is 43.6. The second kappa shape index (κ2) is 21.4. The summed E-state index contributed by atoms with van der Waals surface area (Å²) in [5.41, 5.74) is 2.09. The highest BCUT2D eigenvalue weighted by Gasteiger charge is 2.50. The SMILES string of the molecule is CO[C@@H]1C=CO[C@@]2(C)Oc3c(C)c(O)c4c(O)c(c(C=NN5[C@H](C)CN(Cc6ccc(C(C)(C)C)cc6)C[C@@H]5C)c(O)c4c3C2=O)NC(=O)C(C)=CC=C[C@H](C)[C@H](O)[C@H](C)[C@H](O)[C@H](C)[C@@H](OC(C)=O)[C@H]1C. The van der Waals surface area contributed by atoms with Crippen molar-refractivity contribution in [2.45, 2.75) is 144 Å². The molecular formula is C55H74N4O12. The number of phenols is 3. The number of aliphatic hydroxyl groups excluding tert-OH is 2. The molecule has 5 bridgehead atoms. The highest BCUT2D eigenvalue weighted by atomic mass is 16.7. The molecule has 1 amide bonds. The number of carbonyl (C=O) groups excluding carboxylic acids is 3. The number of anilines is 1. The number of aromatic hydroxyl groups is 3. The summed E-state index contributed by atoms with van der Waals surface area (Å²) in [5, 5.41) is 68.4. The monoisotopic (exact) mass is 983 g/mol. The van der Waals surface area contributed by atoms with E-state index in [2.05, 4.69) is 55.3 Å². The first kappa shape index (κ1) is 54.4. The Morgan fingerprint density at radius 1 is 0.901 bits per heavy atom. The number of amides is 1. The number of allylic oxidation sites excluding steroid dienone is 2. The molecule has 16 heteroatoms. The number of esters is 1. The van der Waals surface area contributed by atoms with Gasteiger partial charge in [-0.3, -0.25) is 24.3 Å². The van der Waals surface area contributed by atoms with Crippen LogP contribution in [-0.4, -0.2) is 122 Å². The lowest BCUT2D eigenvalue weighted by Crippen LogP contribution is -2.54. The number of benzene rings is 3. The highest BCUT2D eigenvalue weighted by Crippen LogP contribution is 2.55. The van der Waals surface area contributed by atoms with Gasteiger partial charge in [0, 0.05) is 80.8 Å². The van der Waals surface area contributed by atoms with Gasteiger partial charge in [-0.05, 0) is 50.3 Å². The van der Waals surface area contributed by atoms with Crippen molar-refractivity contribution < 1.29 is 58.9 Å². The number of fused-ring (bicyclic) bond motifs is 14. The van der Waals surface area contributed by atoms with Crippen LogP contribution in [0.25, 0.3) is 10.8 Å². The number of phenolic OH excluding ortho intramolecular Hbond substituents is 3. The fourth-order valence-electron chi connectivity index (χ4n) is 10.1. The van der Waals surface area contributed by atoms with E-state index in [1.807, 2.05) is 18.9 Å². The fourth-order valence-corrected chi connectivity index (χ4v) is 10.1. The molecule has 16 nitrogen and oxygen atoms in total. The number of ketones is 1. The van der Waals surface area contributed by atoms with Gasteiger partial charge >= 0.3 is 11.8 Å². The van der Waals surface area contributed by atoms with Crippen molar-refractivity contribution in [1.82, 2.24) is 9.91 Å². The van der Waals surface area contributed by atoms with Gasteiger partial charge in [-0.15, -0.1) is 0 Å². The number of nitrogens with zero attached hydrogens (tertiary/aromatic N) is 3.